The lowest BCUT2D eigenvalue weighted by Gasteiger charge is -2.20. The highest BCUT2D eigenvalue weighted by Gasteiger charge is 2.18. The molecule has 0 atom stereocenters. The summed E-state index contributed by atoms with van der Waals surface area (Å²) in [5.41, 5.74) is 6.04. The molecular formula is C13H19NO2. The van der Waals surface area contributed by atoms with E-state index in [-0.39, 0.29) is 0 Å². The van der Waals surface area contributed by atoms with Crippen LogP contribution in [0.2, 0.25) is 0 Å². The van der Waals surface area contributed by atoms with Crippen molar-refractivity contribution < 1.29 is 9.84 Å². The third-order valence-electron chi connectivity index (χ3n) is 2.33. The molecular weight excluding hydrogens is 202 g/mol. The van der Waals surface area contributed by atoms with Gasteiger partial charge in [-0.25, -0.2) is 0 Å². The highest BCUT2D eigenvalue weighted by Crippen LogP contribution is 2.26. The van der Waals surface area contributed by atoms with Crippen LogP contribution in [0.5, 0.6) is 5.75 Å². The molecule has 3 nitrogen and oxygen atoms in total. The minimum atomic E-state index is -0.903. The molecule has 3 N–H and O–H groups in total. The van der Waals surface area contributed by atoms with Crippen molar-refractivity contribution in [2.45, 2.75) is 19.4 Å². The van der Waals surface area contributed by atoms with Gasteiger partial charge in [-0.2, -0.15) is 0 Å². The Hall–Kier alpha value is -1.32. The predicted octanol–water partition coefficient (Wildman–Crippen LogP) is 1.81. The molecule has 0 aliphatic carbocycles. The molecule has 0 unspecified atom stereocenters. The van der Waals surface area contributed by atoms with E-state index in [0.717, 1.165) is 11.3 Å². The van der Waals surface area contributed by atoms with Crippen LogP contribution in [0.25, 0.3) is 5.57 Å². The first-order chi connectivity index (χ1) is 7.45. The first-order valence-electron chi connectivity index (χ1n) is 5.30. The van der Waals surface area contributed by atoms with E-state index in [1.165, 1.54) is 0 Å². The number of aliphatic hydroxyl groups is 1. The van der Waals surface area contributed by atoms with Gasteiger partial charge in [0.15, 0.2) is 0 Å². The number of nitrogens with two attached hydrogens (primary N) is 1. The summed E-state index contributed by atoms with van der Waals surface area (Å²) >= 11 is 0. The quantitative estimate of drug-likeness (QED) is 0.797. The zero-order valence-electron chi connectivity index (χ0n) is 9.86. The van der Waals surface area contributed by atoms with Crippen LogP contribution in [0.15, 0.2) is 30.8 Å². The fourth-order valence-corrected chi connectivity index (χ4v) is 1.28. The van der Waals surface area contributed by atoms with Gasteiger partial charge >= 0.3 is 0 Å². The smallest absolute Gasteiger partial charge is 0.119 e. The summed E-state index contributed by atoms with van der Waals surface area (Å²) in [5, 5.41) is 9.80. The number of benzene rings is 1. The highest BCUT2D eigenvalue weighted by atomic mass is 16.5. The van der Waals surface area contributed by atoms with Crippen LogP contribution in [-0.2, 0) is 0 Å². The van der Waals surface area contributed by atoms with E-state index >= 15 is 0 Å². The molecule has 0 aliphatic heterocycles. The second-order valence-corrected chi connectivity index (χ2v) is 4.20. The van der Waals surface area contributed by atoms with Crippen molar-refractivity contribution in [3.8, 4) is 5.75 Å². The van der Waals surface area contributed by atoms with Crippen LogP contribution in [0, 0.1) is 0 Å². The van der Waals surface area contributed by atoms with Gasteiger partial charge in [0.1, 0.15) is 12.4 Å². The number of ether oxygens (including phenoxy) is 1. The lowest BCUT2D eigenvalue weighted by Crippen LogP contribution is -2.19. The minimum Gasteiger partial charge on any atom is -0.492 e. The summed E-state index contributed by atoms with van der Waals surface area (Å²) < 4.78 is 5.36. The van der Waals surface area contributed by atoms with Gasteiger partial charge in [-0.3, -0.25) is 0 Å². The molecule has 0 aromatic heterocycles. The van der Waals surface area contributed by atoms with E-state index in [4.69, 9.17) is 10.5 Å². The van der Waals surface area contributed by atoms with E-state index < -0.39 is 5.60 Å². The van der Waals surface area contributed by atoms with E-state index in [1.807, 2.05) is 24.3 Å². The van der Waals surface area contributed by atoms with Crippen molar-refractivity contribution in [1.82, 2.24) is 0 Å². The van der Waals surface area contributed by atoms with Gasteiger partial charge in [0, 0.05) is 6.54 Å². The molecule has 0 amide bonds. The van der Waals surface area contributed by atoms with Gasteiger partial charge in [-0.05, 0) is 37.1 Å². The topological polar surface area (TPSA) is 55.5 Å². The molecule has 0 aliphatic rings. The Kier molecular flexibility index (Phi) is 4.10. The molecule has 1 aromatic carbocycles. The molecule has 1 aromatic rings. The third-order valence-corrected chi connectivity index (χ3v) is 2.33. The Morgan fingerprint density at radius 3 is 2.38 bits per heavy atom. The van der Waals surface area contributed by atoms with Crippen molar-refractivity contribution >= 4 is 5.57 Å². The minimum absolute atomic E-state index is 0.498. The van der Waals surface area contributed by atoms with Crippen LogP contribution in [0.1, 0.15) is 19.4 Å². The summed E-state index contributed by atoms with van der Waals surface area (Å²) in [6, 6.07) is 7.46. The average Bonchev–Trinajstić information content (AvgIpc) is 2.25. The van der Waals surface area contributed by atoms with Gasteiger partial charge in [-0.15, -0.1) is 0 Å². The Morgan fingerprint density at radius 2 is 1.94 bits per heavy atom. The van der Waals surface area contributed by atoms with E-state index in [1.54, 1.807) is 13.8 Å². The van der Waals surface area contributed by atoms with Crippen LogP contribution < -0.4 is 10.5 Å². The highest BCUT2D eigenvalue weighted by molar-refractivity contribution is 5.69. The lowest BCUT2D eigenvalue weighted by atomic mass is 9.93. The Morgan fingerprint density at radius 1 is 1.38 bits per heavy atom. The Labute approximate surface area is 96.5 Å². The fraction of sp³-hybridized carbons (Fsp3) is 0.385. The van der Waals surface area contributed by atoms with E-state index in [0.29, 0.717) is 18.7 Å². The Balaban J connectivity index is 2.75. The maximum absolute atomic E-state index is 9.80. The molecule has 0 bridgehead atoms. The fourth-order valence-electron chi connectivity index (χ4n) is 1.28. The molecule has 0 heterocycles. The molecule has 0 radical (unpaired) electrons. The van der Waals surface area contributed by atoms with Crippen molar-refractivity contribution in [2.24, 2.45) is 5.73 Å². The Bertz CT molecular complexity index is 349. The maximum atomic E-state index is 9.80. The number of hydrogen-bond donors (Lipinski definition) is 2. The van der Waals surface area contributed by atoms with Crippen LogP contribution in [0.4, 0.5) is 0 Å². The summed E-state index contributed by atoms with van der Waals surface area (Å²) in [5.74, 6) is 0.776. The lowest BCUT2D eigenvalue weighted by molar-refractivity contribution is 0.144. The molecule has 0 spiro atoms. The molecule has 16 heavy (non-hydrogen) atoms. The zero-order valence-corrected chi connectivity index (χ0v) is 9.86. The van der Waals surface area contributed by atoms with E-state index in [9.17, 15) is 5.11 Å². The van der Waals surface area contributed by atoms with Crippen LogP contribution in [0.3, 0.4) is 0 Å². The predicted molar refractivity (Wildman–Crippen MR) is 66.3 cm³/mol. The first-order valence-corrected chi connectivity index (χ1v) is 5.30. The molecule has 3 heteroatoms. The molecule has 0 saturated carbocycles. The summed E-state index contributed by atoms with van der Waals surface area (Å²) in [6.07, 6.45) is 0. The second-order valence-electron chi connectivity index (χ2n) is 4.20. The maximum Gasteiger partial charge on any atom is 0.119 e. The first kappa shape index (κ1) is 12.7. The van der Waals surface area contributed by atoms with Crippen molar-refractivity contribution in [2.75, 3.05) is 13.2 Å². The van der Waals surface area contributed by atoms with Crippen LogP contribution in [-0.4, -0.2) is 23.9 Å². The monoisotopic (exact) mass is 221 g/mol. The van der Waals surface area contributed by atoms with Gasteiger partial charge in [0.2, 0.25) is 0 Å². The van der Waals surface area contributed by atoms with Gasteiger partial charge in [-0.1, -0.05) is 18.7 Å². The standard InChI is InChI=1S/C13H19NO2/c1-10(13(2,3)15)11-4-6-12(7-5-11)16-9-8-14/h4-7,15H,1,8-9,14H2,2-3H3. The zero-order chi connectivity index (χ0) is 12.2. The van der Waals surface area contributed by atoms with Gasteiger partial charge < -0.3 is 15.6 Å². The molecule has 0 fully saturated rings. The third kappa shape index (κ3) is 3.36. The molecule has 88 valence electrons. The van der Waals surface area contributed by atoms with Crippen molar-refractivity contribution in [1.29, 1.82) is 0 Å². The van der Waals surface area contributed by atoms with E-state index in [2.05, 4.69) is 6.58 Å². The van der Waals surface area contributed by atoms with Gasteiger partial charge in [0.25, 0.3) is 0 Å². The summed E-state index contributed by atoms with van der Waals surface area (Å²) in [4.78, 5) is 0. The van der Waals surface area contributed by atoms with Gasteiger partial charge in [0.05, 0.1) is 5.60 Å². The van der Waals surface area contributed by atoms with Crippen molar-refractivity contribution in [3.63, 3.8) is 0 Å². The summed E-state index contributed by atoms with van der Waals surface area (Å²) in [7, 11) is 0. The van der Waals surface area contributed by atoms with Crippen molar-refractivity contribution in [3.05, 3.63) is 36.4 Å². The molecule has 1 rings (SSSR count). The summed E-state index contributed by atoms with van der Waals surface area (Å²) in [6.45, 7) is 8.31. The number of hydrogen-bond acceptors (Lipinski definition) is 3. The average molecular weight is 221 g/mol. The normalized spacial score (nSPS) is 11.2. The van der Waals surface area contributed by atoms with Crippen LogP contribution >= 0.6 is 0 Å². The number of rotatable bonds is 5. The molecule has 0 saturated heterocycles. The largest absolute Gasteiger partial charge is 0.492 e. The second kappa shape index (κ2) is 5.14. The SMILES string of the molecule is C=C(c1ccc(OCCN)cc1)C(C)(C)O.